The summed E-state index contributed by atoms with van der Waals surface area (Å²) in [6, 6.07) is 9.91. The van der Waals surface area contributed by atoms with E-state index in [1.807, 2.05) is 40.1 Å². The fraction of sp³-hybridized carbons (Fsp3) is 0.609. The predicted octanol–water partition coefficient (Wildman–Crippen LogP) is 2.48. The van der Waals surface area contributed by atoms with Gasteiger partial charge in [-0.05, 0) is 37.7 Å². The Morgan fingerprint density at radius 1 is 1.03 bits per heavy atom. The van der Waals surface area contributed by atoms with Crippen molar-refractivity contribution in [2.45, 2.75) is 57.3 Å². The van der Waals surface area contributed by atoms with Gasteiger partial charge in [-0.3, -0.25) is 14.4 Å². The minimum Gasteiger partial charge on any atom is -0.355 e. The summed E-state index contributed by atoms with van der Waals surface area (Å²) >= 11 is 0. The van der Waals surface area contributed by atoms with E-state index in [0.717, 1.165) is 37.8 Å². The zero-order valence-electron chi connectivity index (χ0n) is 17.5. The van der Waals surface area contributed by atoms with Crippen molar-refractivity contribution in [3.8, 4) is 0 Å². The molecule has 0 spiro atoms. The fourth-order valence-corrected chi connectivity index (χ4v) is 4.52. The Labute approximate surface area is 173 Å². The van der Waals surface area contributed by atoms with Crippen LogP contribution in [-0.4, -0.2) is 60.2 Å². The highest BCUT2D eigenvalue weighted by Crippen LogP contribution is 2.36. The summed E-state index contributed by atoms with van der Waals surface area (Å²) < 4.78 is 0. The van der Waals surface area contributed by atoms with Gasteiger partial charge in [0.05, 0.1) is 5.41 Å². The van der Waals surface area contributed by atoms with Crippen molar-refractivity contribution in [3.05, 3.63) is 35.9 Å². The maximum Gasteiger partial charge on any atom is 0.230 e. The van der Waals surface area contributed by atoms with E-state index in [0.29, 0.717) is 45.4 Å². The Morgan fingerprint density at radius 3 is 2.45 bits per heavy atom. The molecule has 3 amide bonds. The van der Waals surface area contributed by atoms with E-state index in [-0.39, 0.29) is 17.7 Å². The summed E-state index contributed by atoms with van der Waals surface area (Å²) in [5.41, 5.74) is 0.425. The van der Waals surface area contributed by atoms with Crippen LogP contribution in [0.1, 0.15) is 57.4 Å². The van der Waals surface area contributed by atoms with Gasteiger partial charge in [0.2, 0.25) is 17.7 Å². The highest BCUT2D eigenvalue weighted by atomic mass is 16.2. The van der Waals surface area contributed by atoms with Gasteiger partial charge in [-0.15, -0.1) is 0 Å². The van der Waals surface area contributed by atoms with Gasteiger partial charge in [0.25, 0.3) is 0 Å². The summed E-state index contributed by atoms with van der Waals surface area (Å²) in [5, 5.41) is 3.13. The zero-order valence-corrected chi connectivity index (χ0v) is 17.5. The molecule has 6 nitrogen and oxygen atoms in total. The first-order chi connectivity index (χ1) is 14.0. The number of carbonyl (C=O) groups is 3. The summed E-state index contributed by atoms with van der Waals surface area (Å²) in [5.74, 6) is 0.342. The van der Waals surface area contributed by atoms with Crippen LogP contribution in [0.4, 0.5) is 0 Å². The highest BCUT2D eigenvalue weighted by Gasteiger charge is 2.43. The molecule has 1 N–H and O–H groups in total. The van der Waals surface area contributed by atoms with Gasteiger partial charge in [0.15, 0.2) is 0 Å². The van der Waals surface area contributed by atoms with Crippen LogP contribution in [0.15, 0.2) is 30.3 Å². The number of amides is 3. The first kappa shape index (κ1) is 21.3. The molecule has 2 saturated heterocycles. The number of likely N-dealkylation sites (tertiary alicyclic amines) is 2. The van der Waals surface area contributed by atoms with Crippen molar-refractivity contribution in [1.29, 1.82) is 0 Å². The third-order valence-corrected chi connectivity index (χ3v) is 6.39. The molecule has 2 aliphatic rings. The third-order valence-electron chi connectivity index (χ3n) is 6.39. The summed E-state index contributed by atoms with van der Waals surface area (Å²) in [4.78, 5) is 40.9. The number of nitrogens with zero attached hydrogens (tertiary/aromatic N) is 2. The van der Waals surface area contributed by atoms with Crippen molar-refractivity contribution in [1.82, 2.24) is 15.1 Å². The predicted molar refractivity (Wildman–Crippen MR) is 112 cm³/mol. The van der Waals surface area contributed by atoms with E-state index in [1.165, 1.54) is 0 Å². The van der Waals surface area contributed by atoms with E-state index in [4.69, 9.17) is 0 Å². The van der Waals surface area contributed by atoms with Gasteiger partial charge in [-0.2, -0.15) is 0 Å². The summed E-state index contributed by atoms with van der Waals surface area (Å²) in [7, 11) is 0. The molecule has 2 fully saturated rings. The quantitative estimate of drug-likeness (QED) is 0.747. The number of hydrogen-bond acceptors (Lipinski definition) is 3. The molecule has 3 rings (SSSR count). The average Bonchev–Trinajstić information content (AvgIpc) is 2.95. The molecule has 2 heterocycles. The van der Waals surface area contributed by atoms with Crippen LogP contribution in [0.3, 0.4) is 0 Å². The van der Waals surface area contributed by atoms with E-state index in [2.05, 4.69) is 5.32 Å². The minimum atomic E-state index is -0.592. The van der Waals surface area contributed by atoms with Crippen molar-refractivity contribution >= 4 is 17.7 Å². The third kappa shape index (κ3) is 5.17. The Hall–Kier alpha value is -2.37. The van der Waals surface area contributed by atoms with Crippen LogP contribution in [0.5, 0.6) is 0 Å². The van der Waals surface area contributed by atoms with E-state index < -0.39 is 5.41 Å². The van der Waals surface area contributed by atoms with E-state index in [1.54, 1.807) is 6.92 Å². The van der Waals surface area contributed by atoms with Crippen LogP contribution in [-0.2, 0) is 19.8 Å². The van der Waals surface area contributed by atoms with Gasteiger partial charge in [0, 0.05) is 46.1 Å². The Kier molecular flexibility index (Phi) is 7.29. The van der Waals surface area contributed by atoms with Gasteiger partial charge < -0.3 is 15.1 Å². The van der Waals surface area contributed by atoms with Gasteiger partial charge in [0.1, 0.15) is 0 Å². The van der Waals surface area contributed by atoms with Crippen molar-refractivity contribution < 1.29 is 14.4 Å². The summed E-state index contributed by atoms with van der Waals surface area (Å²) in [6.07, 6.45) is 5.86. The second kappa shape index (κ2) is 9.90. The van der Waals surface area contributed by atoms with Crippen LogP contribution >= 0.6 is 0 Å². The number of rotatable bonds is 6. The number of piperidine rings is 1. The number of nitrogens with one attached hydrogen (secondary N) is 1. The normalized spacial score (nSPS) is 19.6. The molecule has 29 heavy (non-hydrogen) atoms. The fourth-order valence-electron chi connectivity index (χ4n) is 4.52. The molecule has 6 heteroatoms. The molecule has 0 unspecified atom stereocenters. The summed E-state index contributed by atoms with van der Waals surface area (Å²) in [6.45, 7) is 4.88. The lowest BCUT2D eigenvalue weighted by molar-refractivity contribution is -0.135. The second-order valence-corrected chi connectivity index (χ2v) is 8.26. The standard InChI is InChI=1S/C23H33N3O3/c1-19(27)25-17-12-23(13-18-25,20-9-4-2-5-10-20)22(29)24-14-8-16-26-15-7-3-6-11-21(26)28/h2,4-5,9-10H,3,6-8,11-18H2,1H3,(H,24,29). The smallest absolute Gasteiger partial charge is 0.230 e. The van der Waals surface area contributed by atoms with Crippen LogP contribution in [0.2, 0.25) is 0 Å². The van der Waals surface area contributed by atoms with E-state index in [9.17, 15) is 14.4 Å². The van der Waals surface area contributed by atoms with Crippen molar-refractivity contribution in [2.75, 3.05) is 32.7 Å². The second-order valence-electron chi connectivity index (χ2n) is 8.26. The number of hydrogen-bond donors (Lipinski definition) is 1. The van der Waals surface area contributed by atoms with Gasteiger partial charge in [-0.1, -0.05) is 36.8 Å². The van der Waals surface area contributed by atoms with Crippen molar-refractivity contribution in [3.63, 3.8) is 0 Å². The van der Waals surface area contributed by atoms with Crippen LogP contribution in [0, 0.1) is 0 Å². The molecule has 0 bridgehead atoms. The average molecular weight is 400 g/mol. The Morgan fingerprint density at radius 2 is 1.76 bits per heavy atom. The number of benzene rings is 1. The molecule has 2 aliphatic heterocycles. The maximum absolute atomic E-state index is 13.3. The van der Waals surface area contributed by atoms with E-state index >= 15 is 0 Å². The molecule has 0 radical (unpaired) electrons. The molecule has 0 atom stereocenters. The molecule has 0 saturated carbocycles. The molecule has 1 aromatic rings. The molecule has 0 aliphatic carbocycles. The van der Waals surface area contributed by atoms with Gasteiger partial charge in [-0.25, -0.2) is 0 Å². The molecule has 0 aromatic heterocycles. The molecule has 1 aromatic carbocycles. The first-order valence-electron chi connectivity index (χ1n) is 10.9. The first-order valence-corrected chi connectivity index (χ1v) is 10.9. The molecule has 158 valence electrons. The Bertz CT molecular complexity index is 711. The minimum absolute atomic E-state index is 0.0362. The molecular weight excluding hydrogens is 366 g/mol. The zero-order chi connectivity index (χ0) is 20.7. The SMILES string of the molecule is CC(=O)N1CCC(C(=O)NCCCN2CCCCCC2=O)(c2ccccc2)CC1. The Balaban J connectivity index is 1.59. The lowest BCUT2D eigenvalue weighted by Gasteiger charge is -2.40. The van der Waals surface area contributed by atoms with Crippen LogP contribution in [0.25, 0.3) is 0 Å². The lowest BCUT2D eigenvalue weighted by Crippen LogP contribution is -2.52. The van der Waals surface area contributed by atoms with Crippen LogP contribution < -0.4 is 5.32 Å². The highest BCUT2D eigenvalue weighted by molar-refractivity contribution is 5.88. The largest absolute Gasteiger partial charge is 0.355 e. The monoisotopic (exact) mass is 399 g/mol. The maximum atomic E-state index is 13.3. The molecular formula is C23H33N3O3. The van der Waals surface area contributed by atoms with Crippen molar-refractivity contribution in [2.24, 2.45) is 0 Å². The lowest BCUT2D eigenvalue weighted by atomic mass is 9.72. The number of carbonyl (C=O) groups excluding carboxylic acids is 3. The topological polar surface area (TPSA) is 69.7 Å². The van der Waals surface area contributed by atoms with Gasteiger partial charge >= 0.3 is 0 Å².